The third-order valence-electron chi connectivity index (χ3n) is 4.55. The van der Waals surface area contributed by atoms with E-state index in [1.165, 1.54) is 27.5 Å². The molecule has 0 radical (unpaired) electrons. The van der Waals surface area contributed by atoms with Gasteiger partial charge in [-0.2, -0.15) is 9.78 Å². The quantitative estimate of drug-likeness (QED) is 0.629. The summed E-state index contributed by atoms with van der Waals surface area (Å²) in [5.41, 5.74) is 0.559. The number of aromatic nitrogens is 3. The summed E-state index contributed by atoms with van der Waals surface area (Å²) in [5.74, 6) is 0.355. The number of benzene rings is 1. The number of hydrogen-bond acceptors (Lipinski definition) is 5. The van der Waals surface area contributed by atoms with Gasteiger partial charge in [0, 0.05) is 6.54 Å². The molecule has 1 unspecified atom stereocenters. The van der Waals surface area contributed by atoms with Crippen molar-refractivity contribution in [3.63, 3.8) is 0 Å². The van der Waals surface area contributed by atoms with Crippen LogP contribution >= 0.6 is 23.2 Å². The smallest absolute Gasteiger partial charge is 0.350 e. The molecule has 2 aromatic rings. The van der Waals surface area contributed by atoms with Crippen LogP contribution < -0.4 is 11.0 Å². The van der Waals surface area contributed by atoms with E-state index in [9.17, 15) is 9.59 Å². The van der Waals surface area contributed by atoms with Gasteiger partial charge in [-0.3, -0.25) is 14.2 Å². The zero-order chi connectivity index (χ0) is 21.9. The van der Waals surface area contributed by atoms with Gasteiger partial charge in [-0.1, -0.05) is 30.1 Å². The van der Waals surface area contributed by atoms with Crippen LogP contribution in [0.15, 0.2) is 16.9 Å². The van der Waals surface area contributed by atoms with Gasteiger partial charge in [-0.15, -0.1) is 0 Å². The van der Waals surface area contributed by atoms with E-state index >= 15 is 0 Å². The van der Waals surface area contributed by atoms with Gasteiger partial charge in [0.25, 0.3) is 5.91 Å². The molecule has 1 amide bonds. The number of carbonyl (C=O) groups excluding carboxylic acids is 1. The van der Waals surface area contributed by atoms with Gasteiger partial charge in [0.2, 0.25) is 0 Å². The molecule has 0 saturated carbocycles. The monoisotopic (exact) mass is 443 g/mol. The van der Waals surface area contributed by atoms with Crippen LogP contribution in [0.25, 0.3) is 5.69 Å². The van der Waals surface area contributed by atoms with Gasteiger partial charge in [0.1, 0.15) is 11.9 Å². The average Bonchev–Trinajstić information content (AvgIpc) is 2.94. The average molecular weight is 444 g/mol. The molecule has 1 heterocycles. The van der Waals surface area contributed by atoms with Crippen molar-refractivity contribution >= 4 is 34.8 Å². The SMILES string of the molecule is CCC(Nc1cc(-n2nc(C)n(CC)c2=O)c(Cl)cc1Cl)C(=O)N(OC)C(C)C. The number of nitrogens with zero attached hydrogens (tertiary/aromatic N) is 4. The lowest BCUT2D eigenvalue weighted by Gasteiger charge is -2.28. The van der Waals surface area contributed by atoms with E-state index < -0.39 is 6.04 Å². The topological polar surface area (TPSA) is 81.4 Å². The van der Waals surface area contributed by atoms with Crippen LogP contribution in [0.4, 0.5) is 5.69 Å². The molecule has 0 aliphatic heterocycles. The second-order valence-corrected chi connectivity index (χ2v) is 7.63. The lowest BCUT2D eigenvalue weighted by atomic mass is 10.1. The van der Waals surface area contributed by atoms with E-state index in [1.54, 1.807) is 13.0 Å². The van der Waals surface area contributed by atoms with E-state index in [0.29, 0.717) is 35.2 Å². The predicted octanol–water partition coefficient (Wildman–Crippen LogP) is 3.66. The molecule has 10 heteroatoms. The maximum absolute atomic E-state index is 12.8. The summed E-state index contributed by atoms with van der Waals surface area (Å²) in [6.07, 6.45) is 0.503. The molecular formula is C19H27Cl2N5O3. The molecule has 0 spiro atoms. The van der Waals surface area contributed by atoms with Crippen LogP contribution in [0.2, 0.25) is 10.0 Å². The molecule has 1 atom stereocenters. The first-order valence-electron chi connectivity index (χ1n) is 9.45. The third-order valence-corrected chi connectivity index (χ3v) is 5.16. The summed E-state index contributed by atoms with van der Waals surface area (Å²) in [6.45, 7) is 9.72. The Morgan fingerprint density at radius 1 is 1.28 bits per heavy atom. The number of halogens is 2. The summed E-state index contributed by atoms with van der Waals surface area (Å²) in [7, 11) is 1.46. The molecule has 8 nitrogen and oxygen atoms in total. The van der Waals surface area contributed by atoms with E-state index in [1.807, 2.05) is 27.7 Å². The highest BCUT2D eigenvalue weighted by Crippen LogP contribution is 2.32. The normalized spacial score (nSPS) is 12.3. The molecule has 1 aromatic heterocycles. The van der Waals surface area contributed by atoms with Crippen molar-refractivity contribution < 1.29 is 9.63 Å². The minimum Gasteiger partial charge on any atom is -0.372 e. The zero-order valence-electron chi connectivity index (χ0n) is 17.5. The first kappa shape index (κ1) is 23.3. The number of hydrogen-bond donors (Lipinski definition) is 1. The van der Waals surface area contributed by atoms with Gasteiger partial charge >= 0.3 is 5.69 Å². The van der Waals surface area contributed by atoms with Crippen LogP contribution in [-0.4, -0.2) is 44.5 Å². The molecule has 0 saturated heterocycles. The summed E-state index contributed by atoms with van der Waals surface area (Å²) >= 11 is 12.7. The second kappa shape index (κ2) is 9.65. The highest BCUT2D eigenvalue weighted by atomic mass is 35.5. The van der Waals surface area contributed by atoms with Crippen molar-refractivity contribution in [3.8, 4) is 5.69 Å². The number of anilines is 1. The molecule has 1 aromatic carbocycles. The van der Waals surface area contributed by atoms with E-state index in [0.717, 1.165) is 0 Å². The molecule has 0 aliphatic carbocycles. The number of aryl methyl sites for hydroxylation is 1. The van der Waals surface area contributed by atoms with Crippen LogP contribution in [0.1, 0.15) is 39.9 Å². The van der Waals surface area contributed by atoms with E-state index in [4.69, 9.17) is 28.0 Å². The highest BCUT2D eigenvalue weighted by molar-refractivity contribution is 6.37. The first-order valence-corrected chi connectivity index (χ1v) is 10.2. The van der Waals surface area contributed by atoms with Crippen LogP contribution in [0.5, 0.6) is 0 Å². The molecule has 1 N–H and O–H groups in total. The molecule has 0 bridgehead atoms. The Labute approximate surface area is 180 Å². The minimum absolute atomic E-state index is 0.126. The Bertz CT molecular complexity index is 939. The molecule has 29 heavy (non-hydrogen) atoms. The van der Waals surface area contributed by atoms with E-state index in [2.05, 4.69) is 10.4 Å². The van der Waals surface area contributed by atoms with Crippen LogP contribution in [0.3, 0.4) is 0 Å². The van der Waals surface area contributed by atoms with Crippen LogP contribution in [-0.2, 0) is 16.2 Å². The molecule has 2 rings (SSSR count). The maximum Gasteiger partial charge on any atom is 0.350 e. The van der Waals surface area contributed by atoms with Crippen molar-refractivity contribution in [3.05, 3.63) is 38.5 Å². The van der Waals surface area contributed by atoms with Gasteiger partial charge in [-0.25, -0.2) is 9.86 Å². The predicted molar refractivity (Wildman–Crippen MR) is 115 cm³/mol. The summed E-state index contributed by atoms with van der Waals surface area (Å²) in [6, 6.07) is 2.46. The largest absolute Gasteiger partial charge is 0.372 e. The minimum atomic E-state index is -0.574. The number of nitrogens with one attached hydrogen (secondary N) is 1. The van der Waals surface area contributed by atoms with Crippen molar-refractivity contribution in [2.45, 2.75) is 59.7 Å². The van der Waals surface area contributed by atoms with Gasteiger partial charge in [0.05, 0.1) is 34.6 Å². The molecule has 160 valence electrons. The summed E-state index contributed by atoms with van der Waals surface area (Å²) in [5, 5.41) is 9.37. The Hall–Kier alpha value is -2.03. The maximum atomic E-state index is 12.8. The Morgan fingerprint density at radius 3 is 2.41 bits per heavy atom. The third kappa shape index (κ3) is 4.76. The number of carbonyl (C=O) groups is 1. The summed E-state index contributed by atoms with van der Waals surface area (Å²) < 4.78 is 2.77. The Morgan fingerprint density at radius 2 is 1.93 bits per heavy atom. The standard InChI is InChI=1S/C19H27Cl2N5O3/c1-7-15(18(27)26(29-6)11(3)4)22-16-10-17(14(21)9-13(16)20)25-19(28)24(8-2)12(5)23-25/h9-11,15,22H,7-8H2,1-6H3. The Kier molecular flexibility index (Phi) is 7.73. The van der Waals surface area contributed by atoms with Crippen molar-refractivity contribution in [2.24, 2.45) is 0 Å². The number of rotatable bonds is 8. The van der Waals surface area contributed by atoms with Crippen molar-refractivity contribution in [2.75, 3.05) is 12.4 Å². The lowest BCUT2D eigenvalue weighted by Crippen LogP contribution is -2.45. The van der Waals surface area contributed by atoms with Gasteiger partial charge in [0.15, 0.2) is 0 Å². The second-order valence-electron chi connectivity index (χ2n) is 6.81. The fraction of sp³-hybridized carbons (Fsp3) is 0.526. The summed E-state index contributed by atoms with van der Waals surface area (Å²) in [4.78, 5) is 30.7. The fourth-order valence-electron chi connectivity index (χ4n) is 3.06. The van der Waals surface area contributed by atoms with E-state index in [-0.39, 0.29) is 22.7 Å². The molecule has 0 fully saturated rings. The number of amides is 1. The molecule has 0 aliphatic rings. The zero-order valence-corrected chi connectivity index (χ0v) is 19.0. The van der Waals surface area contributed by atoms with Gasteiger partial charge in [-0.05, 0) is 46.2 Å². The lowest BCUT2D eigenvalue weighted by molar-refractivity contribution is -0.185. The highest BCUT2D eigenvalue weighted by Gasteiger charge is 2.26. The van der Waals surface area contributed by atoms with Crippen molar-refractivity contribution in [1.82, 2.24) is 19.4 Å². The number of hydroxylamine groups is 2. The molecular weight excluding hydrogens is 417 g/mol. The Balaban J connectivity index is 2.46. The fourth-order valence-corrected chi connectivity index (χ4v) is 3.58. The van der Waals surface area contributed by atoms with Crippen molar-refractivity contribution in [1.29, 1.82) is 0 Å². The van der Waals surface area contributed by atoms with Crippen LogP contribution in [0, 0.1) is 6.92 Å². The first-order chi connectivity index (χ1) is 13.7. The van der Waals surface area contributed by atoms with Gasteiger partial charge < -0.3 is 5.32 Å².